The minimum atomic E-state index is -0.545. The van der Waals surface area contributed by atoms with Crippen molar-refractivity contribution in [3.8, 4) is 17.2 Å². The van der Waals surface area contributed by atoms with E-state index < -0.39 is 6.04 Å². The standard InChI is InChI=1S/C28H28N6O/c1-18(22-11-9-21(15-29)10-12-22)16-31-27(23-7-5-4-6-8-23)28(35)32-25-14-13-24(17-30-25)26-19(2)33-34-20(26)3/h4-14,17-18,27,31H,16H2,1-3H3,(H,33,34)(H,30,32,35)/t18-,27-/m1/s1. The number of H-pyrrole nitrogens is 1. The summed E-state index contributed by atoms with van der Waals surface area (Å²) >= 11 is 0. The highest BCUT2D eigenvalue weighted by molar-refractivity contribution is 5.95. The Morgan fingerprint density at radius 2 is 1.77 bits per heavy atom. The van der Waals surface area contributed by atoms with Gasteiger partial charge in [-0.2, -0.15) is 10.4 Å². The number of aromatic amines is 1. The number of amides is 1. The van der Waals surface area contributed by atoms with Crippen molar-refractivity contribution < 1.29 is 4.79 Å². The highest BCUT2D eigenvalue weighted by Gasteiger charge is 2.22. The largest absolute Gasteiger partial charge is 0.309 e. The molecule has 2 aromatic carbocycles. The van der Waals surface area contributed by atoms with Crippen LogP contribution in [0.2, 0.25) is 0 Å². The smallest absolute Gasteiger partial charge is 0.247 e. The molecule has 2 atom stereocenters. The van der Waals surface area contributed by atoms with Crippen molar-refractivity contribution >= 4 is 11.7 Å². The lowest BCUT2D eigenvalue weighted by molar-refractivity contribution is -0.118. The number of nitrogens with one attached hydrogen (secondary N) is 3. The first kappa shape index (κ1) is 23.9. The third kappa shape index (κ3) is 5.62. The molecule has 0 saturated carbocycles. The van der Waals surface area contributed by atoms with Crippen LogP contribution in [0.4, 0.5) is 5.82 Å². The number of nitriles is 1. The number of carbonyl (C=O) groups is 1. The number of rotatable bonds is 8. The summed E-state index contributed by atoms with van der Waals surface area (Å²) in [6, 6.07) is 22.5. The van der Waals surface area contributed by atoms with Gasteiger partial charge in [0, 0.05) is 29.6 Å². The molecular formula is C28H28N6O. The Kier molecular flexibility index (Phi) is 7.34. The zero-order valence-electron chi connectivity index (χ0n) is 20.0. The molecule has 3 N–H and O–H groups in total. The van der Waals surface area contributed by atoms with E-state index >= 15 is 0 Å². The van der Waals surface area contributed by atoms with E-state index in [2.05, 4.69) is 38.8 Å². The van der Waals surface area contributed by atoms with Crippen molar-refractivity contribution in [3.05, 3.63) is 101 Å². The highest BCUT2D eigenvalue weighted by Crippen LogP contribution is 2.25. The number of pyridine rings is 1. The molecule has 0 aliphatic carbocycles. The zero-order valence-corrected chi connectivity index (χ0v) is 20.0. The molecule has 0 unspecified atom stereocenters. The van der Waals surface area contributed by atoms with E-state index in [1.165, 1.54) is 0 Å². The second-order valence-electron chi connectivity index (χ2n) is 8.62. The van der Waals surface area contributed by atoms with Crippen LogP contribution in [0.15, 0.2) is 72.9 Å². The van der Waals surface area contributed by atoms with E-state index in [-0.39, 0.29) is 11.8 Å². The van der Waals surface area contributed by atoms with Crippen molar-refractivity contribution in [2.24, 2.45) is 0 Å². The van der Waals surface area contributed by atoms with Crippen molar-refractivity contribution in [2.75, 3.05) is 11.9 Å². The van der Waals surface area contributed by atoms with Gasteiger partial charge >= 0.3 is 0 Å². The quantitative estimate of drug-likeness (QED) is 0.339. The SMILES string of the molecule is Cc1n[nH]c(C)c1-c1ccc(NC(=O)[C@H](NC[C@@H](C)c2ccc(C#N)cc2)c2ccccc2)nc1. The van der Waals surface area contributed by atoms with Gasteiger partial charge in [-0.25, -0.2) is 4.98 Å². The van der Waals surface area contributed by atoms with E-state index in [1.807, 2.05) is 74.5 Å². The molecule has 2 heterocycles. The summed E-state index contributed by atoms with van der Waals surface area (Å²) in [4.78, 5) is 17.8. The Bertz CT molecular complexity index is 1300. The number of hydrogen-bond donors (Lipinski definition) is 3. The summed E-state index contributed by atoms with van der Waals surface area (Å²) in [5.41, 5.74) is 6.46. The van der Waals surface area contributed by atoms with Gasteiger partial charge in [-0.1, -0.05) is 49.4 Å². The topological polar surface area (TPSA) is 106 Å². The van der Waals surface area contributed by atoms with Crippen LogP contribution in [0, 0.1) is 25.2 Å². The predicted molar refractivity (Wildman–Crippen MR) is 137 cm³/mol. The summed E-state index contributed by atoms with van der Waals surface area (Å²) in [6.45, 7) is 6.60. The van der Waals surface area contributed by atoms with Crippen LogP contribution in [0.25, 0.3) is 11.1 Å². The summed E-state index contributed by atoms with van der Waals surface area (Å²) in [7, 11) is 0. The van der Waals surface area contributed by atoms with Gasteiger partial charge < -0.3 is 10.6 Å². The van der Waals surface area contributed by atoms with Crippen LogP contribution < -0.4 is 10.6 Å². The van der Waals surface area contributed by atoms with Crippen LogP contribution in [0.1, 0.15) is 47.0 Å². The average Bonchev–Trinajstić information content (AvgIpc) is 3.23. The second-order valence-corrected chi connectivity index (χ2v) is 8.62. The van der Waals surface area contributed by atoms with E-state index in [4.69, 9.17) is 5.26 Å². The summed E-state index contributed by atoms with van der Waals surface area (Å²) < 4.78 is 0. The second kappa shape index (κ2) is 10.8. The number of nitrogens with zero attached hydrogens (tertiary/aromatic N) is 3. The molecule has 4 aromatic rings. The molecule has 0 fully saturated rings. The molecule has 0 aliphatic rings. The number of aryl methyl sites for hydroxylation is 2. The summed E-state index contributed by atoms with van der Waals surface area (Å²) in [5, 5.41) is 22.6. The third-order valence-electron chi connectivity index (χ3n) is 6.06. The normalized spacial score (nSPS) is 12.5. The maximum Gasteiger partial charge on any atom is 0.247 e. The number of benzene rings is 2. The van der Waals surface area contributed by atoms with Gasteiger partial charge in [-0.3, -0.25) is 9.89 Å². The van der Waals surface area contributed by atoms with Gasteiger partial charge in [0.25, 0.3) is 0 Å². The molecule has 0 saturated heterocycles. The summed E-state index contributed by atoms with van der Waals surface area (Å²) in [5.74, 6) is 0.458. The first-order chi connectivity index (χ1) is 17.0. The molecule has 0 bridgehead atoms. The lowest BCUT2D eigenvalue weighted by Crippen LogP contribution is -2.35. The molecule has 35 heavy (non-hydrogen) atoms. The Morgan fingerprint density at radius 1 is 1.03 bits per heavy atom. The first-order valence-corrected chi connectivity index (χ1v) is 11.5. The third-order valence-corrected chi connectivity index (χ3v) is 6.06. The van der Waals surface area contributed by atoms with Crippen molar-refractivity contribution in [1.29, 1.82) is 5.26 Å². The van der Waals surface area contributed by atoms with E-state index in [0.717, 1.165) is 33.6 Å². The van der Waals surface area contributed by atoms with E-state index in [0.29, 0.717) is 17.9 Å². The maximum atomic E-state index is 13.3. The number of aromatic nitrogens is 3. The van der Waals surface area contributed by atoms with Gasteiger partial charge in [0.05, 0.1) is 17.3 Å². The van der Waals surface area contributed by atoms with Gasteiger partial charge in [-0.05, 0) is 55.2 Å². The number of anilines is 1. The fraction of sp³-hybridized carbons (Fsp3) is 0.214. The molecule has 7 nitrogen and oxygen atoms in total. The van der Waals surface area contributed by atoms with Crippen LogP contribution >= 0.6 is 0 Å². The number of hydrogen-bond acceptors (Lipinski definition) is 5. The first-order valence-electron chi connectivity index (χ1n) is 11.5. The fourth-order valence-corrected chi connectivity index (χ4v) is 4.10. The lowest BCUT2D eigenvalue weighted by Gasteiger charge is -2.21. The van der Waals surface area contributed by atoms with Crippen LogP contribution in [0.3, 0.4) is 0 Å². The van der Waals surface area contributed by atoms with Gasteiger partial charge in [0.1, 0.15) is 11.9 Å². The molecule has 2 aromatic heterocycles. The molecular weight excluding hydrogens is 436 g/mol. The van der Waals surface area contributed by atoms with E-state index in [1.54, 1.807) is 12.3 Å². The van der Waals surface area contributed by atoms with E-state index in [9.17, 15) is 4.79 Å². The van der Waals surface area contributed by atoms with Crippen LogP contribution in [0.5, 0.6) is 0 Å². The predicted octanol–water partition coefficient (Wildman–Crippen LogP) is 5.03. The van der Waals surface area contributed by atoms with Crippen molar-refractivity contribution in [2.45, 2.75) is 32.7 Å². The highest BCUT2D eigenvalue weighted by atomic mass is 16.2. The molecule has 176 valence electrons. The Morgan fingerprint density at radius 3 is 2.37 bits per heavy atom. The molecule has 0 radical (unpaired) electrons. The lowest BCUT2D eigenvalue weighted by atomic mass is 9.98. The average molecular weight is 465 g/mol. The minimum Gasteiger partial charge on any atom is -0.309 e. The van der Waals surface area contributed by atoms with Crippen LogP contribution in [-0.4, -0.2) is 27.6 Å². The van der Waals surface area contributed by atoms with Gasteiger partial charge in [0.15, 0.2) is 0 Å². The molecule has 0 aliphatic heterocycles. The minimum absolute atomic E-state index is 0.153. The number of carbonyl (C=O) groups excluding carboxylic acids is 1. The van der Waals surface area contributed by atoms with Crippen LogP contribution in [-0.2, 0) is 4.79 Å². The maximum absolute atomic E-state index is 13.3. The fourth-order valence-electron chi connectivity index (χ4n) is 4.10. The Hall–Kier alpha value is -4.28. The van der Waals surface area contributed by atoms with Gasteiger partial charge in [-0.15, -0.1) is 0 Å². The monoisotopic (exact) mass is 464 g/mol. The Balaban J connectivity index is 1.47. The summed E-state index contributed by atoms with van der Waals surface area (Å²) in [6.07, 6.45) is 1.75. The molecule has 4 rings (SSSR count). The molecule has 7 heteroatoms. The van der Waals surface area contributed by atoms with Crippen molar-refractivity contribution in [1.82, 2.24) is 20.5 Å². The van der Waals surface area contributed by atoms with Crippen molar-refractivity contribution in [3.63, 3.8) is 0 Å². The Labute approximate surface area is 205 Å². The molecule has 0 spiro atoms. The van der Waals surface area contributed by atoms with Gasteiger partial charge in [0.2, 0.25) is 5.91 Å². The zero-order chi connectivity index (χ0) is 24.8. The molecule has 1 amide bonds.